The van der Waals surface area contributed by atoms with E-state index in [1.165, 1.54) is 5.56 Å². The van der Waals surface area contributed by atoms with E-state index in [0.29, 0.717) is 18.3 Å². The summed E-state index contributed by atoms with van der Waals surface area (Å²) >= 11 is 1.57. The van der Waals surface area contributed by atoms with Crippen LogP contribution in [0.25, 0.3) is 22.9 Å². The Morgan fingerprint density at radius 1 is 1.23 bits per heavy atom. The number of carbonyl (C=O) groups excluding carboxylic acids is 1. The van der Waals surface area contributed by atoms with E-state index in [9.17, 15) is 4.79 Å². The van der Waals surface area contributed by atoms with Gasteiger partial charge in [0.05, 0.1) is 11.4 Å². The lowest BCUT2D eigenvalue weighted by molar-refractivity contribution is -0.122. The minimum absolute atomic E-state index is 0.156. The van der Waals surface area contributed by atoms with Gasteiger partial charge in [-0.2, -0.15) is 4.98 Å². The molecular formula is C20H19N3O2S. The van der Waals surface area contributed by atoms with Crippen LogP contribution >= 0.6 is 11.3 Å². The van der Waals surface area contributed by atoms with Crippen LogP contribution in [0.3, 0.4) is 0 Å². The number of benzene rings is 1. The summed E-state index contributed by atoms with van der Waals surface area (Å²) in [5, 5.41) is 7.01. The van der Waals surface area contributed by atoms with Gasteiger partial charge in [-0.1, -0.05) is 35.0 Å². The van der Waals surface area contributed by atoms with Gasteiger partial charge >= 0.3 is 0 Å². The fourth-order valence-corrected chi connectivity index (χ4v) is 3.38. The van der Waals surface area contributed by atoms with E-state index in [1.54, 1.807) is 11.3 Å². The normalized spacial score (nSPS) is 14.0. The smallest absolute Gasteiger partial charge is 0.250 e. The van der Waals surface area contributed by atoms with Crippen LogP contribution in [0.5, 0.6) is 0 Å². The molecular weight excluding hydrogens is 346 g/mol. The fourth-order valence-electron chi connectivity index (χ4n) is 2.51. The van der Waals surface area contributed by atoms with Crippen molar-refractivity contribution in [3.05, 3.63) is 58.3 Å². The molecule has 0 radical (unpaired) electrons. The highest BCUT2D eigenvalue weighted by Gasteiger charge is 2.29. The molecule has 3 aromatic rings. The molecule has 0 bridgehead atoms. The predicted molar refractivity (Wildman–Crippen MR) is 102 cm³/mol. The molecule has 26 heavy (non-hydrogen) atoms. The van der Waals surface area contributed by atoms with Gasteiger partial charge in [-0.3, -0.25) is 4.79 Å². The highest BCUT2D eigenvalue weighted by molar-refractivity contribution is 7.15. The molecule has 1 aliphatic rings. The van der Waals surface area contributed by atoms with Crippen LogP contribution in [0.1, 0.15) is 34.7 Å². The molecule has 1 amide bonds. The van der Waals surface area contributed by atoms with Crippen LogP contribution in [0.4, 0.5) is 0 Å². The molecule has 0 spiro atoms. The third-order valence-electron chi connectivity index (χ3n) is 4.20. The first-order chi connectivity index (χ1) is 12.7. The second-order valence-electron chi connectivity index (χ2n) is 6.46. The number of nitrogens with one attached hydrogen (secondary N) is 1. The third kappa shape index (κ3) is 4.08. The van der Waals surface area contributed by atoms with Crippen LogP contribution in [0.2, 0.25) is 0 Å². The highest BCUT2D eigenvalue weighted by atomic mass is 32.1. The second kappa shape index (κ2) is 7.25. The highest BCUT2D eigenvalue weighted by Crippen LogP contribution is 2.30. The first-order valence-electron chi connectivity index (χ1n) is 8.62. The summed E-state index contributed by atoms with van der Waals surface area (Å²) in [6.07, 6.45) is 5.79. The molecule has 0 unspecified atom stereocenters. The Bertz CT molecular complexity index is 936. The van der Waals surface area contributed by atoms with E-state index >= 15 is 0 Å². The number of amides is 1. The average Bonchev–Trinajstić information content (AvgIpc) is 3.21. The van der Waals surface area contributed by atoms with E-state index in [1.807, 2.05) is 36.4 Å². The average molecular weight is 365 g/mol. The van der Waals surface area contributed by atoms with Crippen molar-refractivity contribution in [3.63, 3.8) is 0 Å². The summed E-state index contributed by atoms with van der Waals surface area (Å²) in [4.78, 5) is 18.1. The van der Waals surface area contributed by atoms with Crippen LogP contribution in [0.15, 0.2) is 40.9 Å². The van der Waals surface area contributed by atoms with E-state index < -0.39 is 0 Å². The molecule has 0 aliphatic heterocycles. The van der Waals surface area contributed by atoms with Gasteiger partial charge in [-0.15, -0.1) is 11.3 Å². The van der Waals surface area contributed by atoms with Crippen LogP contribution in [-0.4, -0.2) is 16.0 Å². The van der Waals surface area contributed by atoms with E-state index in [-0.39, 0.29) is 11.8 Å². The monoisotopic (exact) mass is 365 g/mol. The molecule has 1 aromatic carbocycles. The number of carbonyl (C=O) groups is 1. The SMILES string of the molecule is Cc1ccc(/C=C/c2nc(-c3ccc(CNC(=O)C4CC4)s3)no2)cc1. The maximum absolute atomic E-state index is 11.7. The van der Waals surface area contributed by atoms with E-state index in [2.05, 4.69) is 34.5 Å². The summed E-state index contributed by atoms with van der Waals surface area (Å²) in [7, 11) is 0. The molecule has 2 aromatic heterocycles. The Morgan fingerprint density at radius 2 is 2.04 bits per heavy atom. The van der Waals surface area contributed by atoms with Gasteiger partial charge in [-0.25, -0.2) is 0 Å². The fraction of sp³-hybridized carbons (Fsp3) is 0.250. The van der Waals surface area contributed by atoms with Crippen molar-refractivity contribution in [2.45, 2.75) is 26.3 Å². The number of hydrogen-bond donors (Lipinski definition) is 1. The molecule has 2 heterocycles. The summed E-state index contributed by atoms with van der Waals surface area (Å²) in [6, 6.07) is 12.2. The van der Waals surface area contributed by atoms with Gasteiger partial charge in [0.1, 0.15) is 0 Å². The maximum atomic E-state index is 11.7. The Balaban J connectivity index is 1.39. The lowest BCUT2D eigenvalue weighted by atomic mass is 10.1. The summed E-state index contributed by atoms with van der Waals surface area (Å²) < 4.78 is 5.30. The second-order valence-corrected chi connectivity index (χ2v) is 7.63. The first kappa shape index (κ1) is 16.7. The van der Waals surface area contributed by atoms with Gasteiger partial charge in [0, 0.05) is 16.9 Å². The molecule has 5 nitrogen and oxygen atoms in total. The lowest BCUT2D eigenvalue weighted by Crippen LogP contribution is -2.23. The number of hydrogen-bond acceptors (Lipinski definition) is 5. The van der Waals surface area contributed by atoms with Gasteiger partial charge in [0.25, 0.3) is 5.89 Å². The molecule has 1 aliphatic carbocycles. The quantitative estimate of drug-likeness (QED) is 0.707. The zero-order valence-electron chi connectivity index (χ0n) is 14.4. The standard InChI is InChI=1S/C20H19N3O2S/c1-13-2-4-14(5-3-13)6-11-18-22-19(23-25-18)17-10-9-16(26-17)12-21-20(24)15-7-8-15/h2-6,9-11,15H,7-8,12H2,1H3,(H,21,24)/b11-6+. The van der Waals surface area contributed by atoms with Crippen molar-refractivity contribution in [2.24, 2.45) is 5.92 Å². The van der Waals surface area contributed by atoms with Crippen LogP contribution < -0.4 is 5.32 Å². The van der Waals surface area contributed by atoms with Crippen molar-refractivity contribution in [3.8, 4) is 10.7 Å². The number of thiophene rings is 1. The molecule has 0 saturated heterocycles. The predicted octanol–water partition coefficient (Wildman–Crippen LogP) is 4.30. The van der Waals surface area contributed by atoms with Crippen molar-refractivity contribution >= 4 is 29.4 Å². The van der Waals surface area contributed by atoms with Gasteiger partial charge in [0.15, 0.2) is 0 Å². The van der Waals surface area contributed by atoms with Crippen LogP contribution in [-0.2, 0) is 11.3 Å². The third-order valence-corrected chi connectivity index (χ3v) is 5.29. The van der Waals surface area contributed by atoms with Gasteiger partial charge in [0.2, 0.25) is 11.7 Å². The molecule has 4 rings (SSSR count). The molecule has 132 valence electrons. The zero-order valence-corrected chi connectivity index (χ0v) is 15.3. The lowest BCUT2D eigenvalue weighted by Gasteiger charge is -2.00. The van der Waals surface area contributed by atoms with Crippen molar-refractivity contribution in [1.29, 1.82) is 0 Å². The maximum Gasteiger partial charge on any atom is 0.250 e. The van der Waals surface area contributed by atoms with Crippen molar-refractivity contribution < 1.29 is 9.32 Å². The molecule has 6 heteroatoms. The number of rotatable bonds is 6. The van der Waals surface area contributed by atoms with Crippen LogP contribution in [0, 0.1) is 12.8 Å². The topological polar surface area (TPSA) is 68.0 Å². The molecule has 1 fully saturated rings. The summed E-state index contributed by atoms with van der Waals surface area (Å²) in [5.41, 5.74) is 2.31. The van der Waals surface area contributed by atoms with Crippen molar-refractivity contribution in [2.75, 3.05) is 0 Å². The summed E-state index contributed by atoms with van der Waals surface area (Å²) in [6.45, 7) is 2.61. The van der Waals surface area contributed by atoms with E-state index in [4.69, 9.17) is 4.52 Å². The Kier molecular flexibility index (Phi) is 4.67. The molecule has 1 N–H and O–H groups in total. The number of aryl methyl sites for hydroxylation is 1. The van der Waals surface area contributed by atoms with Crippen molar-refractivity contribution in [1.82, 2.24) is 15.5 Å². The number of aromatic nitrogens is 2. The first-order valence-corrected chi connectivity index (χ1v) is 9.44. The largest absolute Gasteiger partial charge is 0.351 e. The van der Waals surface area contributed by atoms with Gasteiger partial charge < -0.3 is 9.84 Å². The van der Waals surface area contributed by atoms with Gasteiger partial charge in [-0.05, 0) is 43.5 Å². The minimum Gasteiger partial charge on any atom is -0.351 e. The Hall–Kier alpha value is -2.73. The Labute approximate surface area is 155 Å². The minimum atomic E-state index is 0.156. The Morgan fingerprint density at radius 3 is 2.81 bits per heavy atom. The molecule has 1 saturated carbocycles. The summed E-state index contributed by atoms with van der Waals surface area (Å²) in [5.74, 6) is 1.42. The van der Waals surface area contributed by atoms with E-state index in [0.717, 1.165) is 28.2 Å². The zero-order chi connectivity index (χ0) is 17.9. The molecule has 0 atom stereocenters. The number of nitrogens with zero attached hydrogens (tertiary/aromatic N) is 2.